The highest BCUT2D eigenvalue weighted by Crippen LogP contribution is 2.20. The second-order valence-corrected chi connectivity index (χ2v) is 6.05. The monoisotopic (exact) mass is 300 g/mol. The molecule has 2 rings (SSSR count). The van der Waals surface area contributed by atoms with E-state index in [1.165, 1.54) is 5.56 Å². The van der Waals surface area contributed by atoms with Gasteiger partial charge in [0.15, 0.2) is 12.4 Å². The van der Waals surface area contributed by atoms with Crippen LogP contribution in [-0.4, -0.2) is 18.6 Å². The topological polar surface area (TPSA) is 26.3 Å². The van der Waals surface area contributed by atoms with Crippen molar-refractivity contribution in [3.05, 3.63) is 59.7 Å². The first-order chi connectivity index (χ1) is 10.1. The van der Waals surface area contributed by atoms with Crippen LogP contribution in [0, 0.1) is 0 Å². The van der Waals surface area contributed by atoms with Gasteiger partial charge in [0.1, 0.15) is 5.75 Å². The van der Waals surface area contributed by atoms with Crippen molar-refractivity contribution < 1.29 is 9.53 Å². The predicted molar refractivity (Wildman–Crippen MR) is 88.6 cm³/mol. The summed E-state index contributed by atoms with van der Waals surface area (Å²) in [4.78, 5) is 13.3. The molecular formula is C18H20O2S. The Balaban J connectivity index is 1.98. The lowest BCUT2D eigenvalue weighted by Crippen LogP contribution is -2.11. The highest BCUT2D eigenvalue weighted by molar-refractivity contribution is 7.98. The van der Waals surface area contributed by atoms with E-state index in [0.29, 0.717) is 11.5 Å². The molecule has 2 aromatic carbocycles. The third kappa shape index (κ3) is 4.36. The maximum atomic E-state index is 12.1. The average molecular weight is 300 g/mol. The zero-order valence-corrected chi connectivity index (χ0v) is 13.4. The lowest BCUT2D eigenvalue weighted by atomic mass is 10.0. The van der Waals surface area contributed by atoms with Crippen molar-refractivity contribution in [1.82, 2.24) is 0 Å². The molecule has 3 heteroatoms. The fourth-order valence-corrected chi connectivity index (χ4v) is 2.38. The SMILES string of the molecule is CSc1ccc(C(=O)COc2cccc(C(C)C)c2)cc1. The molecule has 0 aliphatic heterocycles. The van der Waals surface area contributed by atoms with Crippen LogP contribution in [0.15, 0.2) is 53.4 Å². The molecule has 2 aromatic rings. The van der Waals surface area contributed by atoms with Gasteiger partial charge in [-0.25, -0.2) is 0 Å². The van der Waals surface area contributed by atoms with Gasteiger partial charge in [-0.3, -0.25) is 4.79 Å². The molecule has 0 aliphatic carbocycles. The molecule has 0 bridgehead atoms. The van der Waals surface area contributed by atoms with E-state index in [0.717, 1.165) is 10.6 Å². The summed E-state index contributed by atoms with van der Waals surface area (Å²) in [7, 11) is 0. The van der Waals surface area contributed by atoms with Crippen molar-refractivity contribution >= 4 is 17.5 Å². The van der Waals surface area contributed by atoms with Crippen molar-refractivity contribution in [1.29, 1.82) is 0 Å². The molecule has 0 aliphatic rings. The highest BCUT2D eigenvalue weighted by atomic mass is 32.2. The summed E-state index contributed by atoms with van der Waals surface area (Å²) in [6, 6.07) is 15.5. The number of Topliss-reactive ketones (excluding diaryl/α,β-unsaturated/α-hetero) is 1. The summed E-state index contributed by atoms with van der Waals surface area (Å²) in [5.74, 6) is 1.19. The molecule has 0 radical (unpaired) electrons. The Morgan fingerprint density at radius 2 is 1.86 bits per heavy atom. The molecule has 0 spiro atoms. The van der Waals surface area contributed by atoms with Gasteiger partial charge in [-0.05, 0) is 42.0 Å². The van der Waals surface area contributed by atoms with E-state index in [4.69, 9.17) is 4.74 Å². The fraction of sp³-hybridized carbons (Fsp3) is 0.278. The van der Waals surface area contributed by atoms with Gasteiger partial charge in [-0.15, -0.1) is 11.8 Å². The number of rotatable bonds is 6. The Morgan fingerprint density at radius 3 is 2.48 bits per heavy atom. The number of carbonyl (C=O) groups is 1. The van der Waals surface area contributed by atoms with Crippen LogP contribution in [0.2, 0.25) is 0 Å². The molecule has 0 fully saturated rings. The van der Waals surface area contributed by atoms with Crippen LogP contribution in [0.5, 0.6) is 5.75 Å². The number of benzene rings is 2. The molecular weight excluding hydrogens is 280 g/mol. The maximum absolute atomic E-state index is 12.1. The number of hydrogen-bond acceptors (Lipinski definition) is 3. The smallest absolute Gasteiger partial charge is 0.200 e. The van der Waals surface area contributed by atoms with Crippen LogP contribution >= 0.6 is 11.8 Å². The average Bonchev–Trinajstić information content (AvgIpc) is 2.53. The van der Waals surface area contributed by atoms with E-state index in [1.807, 2.05) is 48.7 Å². The van der Waals surface area contributed by atoms with Crippen molar-refractivity contribution in [3.63, 3.8) is 0 Å². The van der Waals surface area contributed by atoms with Crippen LogP contribution < -0.4 is 4.74 Å². The molecule has 110 valence electrons. The second kappa shape index (κ2) is 7.32. The number of hydrogen-bond donors (Lipinski definition) is 0. The predicted octanol–water partition coefficient (Wildman–Crippen LogP) is 4.79. The number of ether oxygens (including phenoxy) is 1. The summed E-state index contributed by atoms with van der Waals surface area (Å²) < 4.78 is 5.61. The minimum atomic E-state index is -0.00222. The molecule has 0 N–H and O–H groups in total. The molecule has 0 heterocycles. The summed E-state index contributed by atoms with van der Waals surface area (Å²) in [5, 5.41) is 0. The maximum Gasteiger partial charge on any atom is 0.200 e. The normalized spacial score (nSPS) is 10.7. The molecule has 2 nitrogen and oxygen atoms in total. The number of thioether (sulfide) groups is 1. The lowest BCUT2D eigenvalue weighted by Gasteiger charge is -2.09. The van der Waals surface area contributed by atoms with Gasteiger partial charge in [-0.2, -0.15) is 0 Å². The van der Waals surface area contributed by atoms with Crippen molar-refractivity contribution in [2.75, 3.05) is 12.9 Å². The van der Waals surface area contributed by atoms with Crippen LogP contribution in [0.1, 0.15) is 35.7 Å². The summed E-state index contributed by atoms with van der Waals surface area (Å²) in [6.45, 7) is 4.34. The van der Waals surface area contributed by atoms with Gasteiger partial charge in [0.05, 0.1) is 0 Å². The number of ketones is 1. The van der Waals surface area contributed by atoms with Gasteiger partial charge in [0, 0.05) is 10.5 Å². The van der Waals surface area contributed by atoms with Gasteiger partial charge in [0.25, 0.3) is 0 Å². The lowest BCUT2D eigenvalue weighted by molar-refractivity contribution is 0.0921. The fourth-order valence-electron chi connectivity index (χ4n) is 1.97. The molecule has 0 saturated heterocycles. The molecule has 0 saturated carbocycles. The zero-order chi connectivity index (χ0) is 15.2. The third-order valence-corrected chi connectivity index (χ3v) is 4.05. The first-order valence-corrected chi connectivity index (χ1v) is 8.22. The first kappa shape index (κ1) is 15.6. The number of carbonyl (C=O) groups excluding carboxylic acids is 1. The van der Waals surface area contributed by atoms with E-state index in [1.54, 1.807) is 11.8 Å². The van der Waals surface area contributed by atoms with E-state index in [2.05, 4.69) is 19.9 Å². The third-order valence-electron chi connectivity index (χ3n) is 3.31. The molecule has 0 amide bonds. The van der Waals surface area contributed by atoms with Crippen LogP contribution in [-0.2, 0) is 0 Å². The standard InChI is InChI=1S/C18H20O2S/c1-13(2)15-5-4-6-16(11-15)20-12-18(19)14-7-9-17(21-3)10-8-14/h4-11,13H,12H2,1-3H3. The Kier molecular flexibility index (Phi) is 5.45. The van der Waals surface area contributed by atoms with Crippen LogP contribution in [0.3, 0.4) is 0 Å². The van der Waals surface area contributed by atoms with E-state index in [-0.39, 0.29) is 12.4 Å². The Hall–Kier alpha value is -1.74. The van der Waals surface area contributed by atoms with Gasteiger partial charge in [-0.1, -0.05) is 38.1 Å². The minimum Gasteiger partial charge on any atom is -0.485 e. The Bertz CT molecular complexity index is 603. The van der Waals surface area contributed by atoms with Gasteiger partial charge >= 0.3 is 0 Å². The van der Waals surface area contributed by atoms with E-state index < -0.39 is 0 Å². The Labute approximate surface area is 130 Å². The highest BCUT2D eigenvalue weighted by Gasteiger charge is 2.08. The molecule has 21 heavy (non-hydrogen) atoms. The van der Waals surface area contributed by atoms with E-state index >= 15 is 0 Å². The summed E-state index contributed by atoms with van der Waals surface area (Å²) >= 11 is 1.66. The van der Waals surface area contributed by atoms with Gasteiger partial charge < -0.3 is 4.74 Å². The second-order valence-electron chi connectivity index (χ2n) is 5.17. The zero-order valence-electron chi connectivity index (χ0n) is 12.6. The van der Waals surface area contributed by atoms with Crippen LogP contribution in [0.4, 0.5) is 0 Å². The molecule has 0 atom stereocenters. The molecule has 0 unspecified atom stereocenters. The largest absolute Gasteiger partial charge is 0.485 e. The van der Waals surface area contributed by atoms with Crippen molar-refractivity contribution in [2.24, 2.45) is 0 Å². The van der Waals surface area contributed by atoms with Crippen molar-refractivity contribution in [3.8, 4) is 5.75 Å². The van der Waals surface area contributed by atoms with E-state index in [9.17, 15) is 4.79 Å². The quantitative estimate of drug-likeness (QED) is 0.566. The molecule has 0 aromatic heterocycles. The van der Waals surface area contributed by atoms with Crippen LogP contribution in [0.25, 0.3) is 0 Å². The first-order valence-electron chi connectivity index (χ1n) is 7.00. The summed E-state index contributed by atoms with van der Waals surface area (Å²) in [6.07, 6.45) is 2.02. The minimum absolute atomic E-state index is 0.00222. The Morgan fingerprint density at radius 1 is 1.14 bits per heavy atom. The van der Waals surface area contributed by atoms with Gasteiger partial charge in [0.2, 0.25) is 0 Å². The van der Waals surface area contributed by atoms with Crippen molar-refractivity contribution in [2.45, 2.75) is 24.7 Å². The summed E-state index contributed by atoms with van der Waals surface area (Å²) in [5.41, 5.74) is 1.90.